The lowest BCUT2D eigenvalue weighted by molar-refractivity contribution is 0.108. The highest BCUT2D eigenvalue weighted by Gasteiger charge is 2.38. The minimum atomic E-state index is -2.48. The molecule has 0 aromatic heterocycles. The van der Waals surface area contributed by atoms with E-state index in [-0.39, 0.29) is 0 Å². The Hall–Kier alpha value is -0.203. The highest BCUT2D eigenvalue weighted by atomic mass is 28.4. The van der Waals surface area contributed by atoms with Gasteiger partial charge in [0.15, 0.2) is 0 Å². The minimum absolute atomic E-state index is 0.460. The quantitative estimate of drug-likeness (QED) is 0.356. The summed E-state index contributed by atoms with van der Waals surface area (Å²) in [5.74, 6) is 0. The fourth-order valence-corrected chi connectivity index (χ4v) is 2.65. The molecule has 84 valence electrons. The molecular weight excluding hydrogens is 198 g/mol. The maximum atomic E-state index is 5.54. The van der Waals surface area contributed by atoms with Crippen molar-refractivity contribution in [3.63, 3.8) is 0 Å². The molecular formula is C9H21NO3Si. The van der Waals surface area contributed by atoms with Gasteiger partial charge in [-0.3, -0.25) is 0 Å². The second-order valence-corrected chi connectivity index (χ2v) is 5.69. The monoisotopic (exact) mass is 219 g/mol. The molecule has 4 nitrogen and oxygen atoms in total. The summed E-state index contributed by atoms with van der Waals surface area (Å²) in [5, 5.41) is 3.24. The van der Waals surface area contributed by atoms with Crippen LogP contribution in [0, 0.1) is 0 Å². The van der Waals surface area contributed by atoms with Crippen LogP contribution >= 0.6 is 0 Å². The predicted molar refractivity (Wildman–Crippen MR) is 59.1 cm³/mol. The molecule has 0 fully saturated rings. The predicted octanol–water partition coefficient (Wildman–Crippen LogP) is 0.959. The molecule has 5 heteroatoms. The Morgan fingerprint density at radius 2 is 2.00 bits per heavy atom. The lowest BCUT2D eigenvalue weighted by atomic mass is 10.5. The van der Waals surface area contributed by atoms with Gasteiger partial charge in [-0.15, -0.1) is 6.58 Å². The summed E-state index contributed by atoms with van der Waals surface area (Å²) in [6.07, 6.45) is 3.42. The molecule has 0 aliphatic rings. The van der Waals surface area contributed by atoms with Gasteiger partial charge in [-0.2, -0.15) is 0 Å². The van der Waals surface area contributed by atoms with Gasteiger partial charge in [0.25, 0.3) is 0 Å². The fraction of sp³-hybridized carbons (Fsp3) is 0.778. The van der Waals surface area contributed by atoms with E-state index in [0.717, 1.165) is 13.0 Å². The van der Waals surface area contributed by atoms with E-state index < -0.39 is 8.80 Å². The van der Waals surface area contributed by atoms with Crippen LogP contribution in [-0.2, 0) is 13.3 Å². The number of hydrogen-bond donors (Lipinski definition) is 1. The maximum absolute atomic E-state index is 5.54. The third-order valence-corrected chi connectivity index (χ3v) is 4.34. The molecule has 0 atom stereocenters. The van der Waals surface area contributed by atoms with Crippen LogP contribution in [0.2, 0.25) is 0 Å². The van der Waals surface area contributed by atoms with Crippen molar-refractivity contribution in [1.29, 1.82) is 0 Å². The van der Waals surface area contributed by atoms with Gasteiger partial charge in [-0.25, -0.2) is 0 Å². The van der Waals surface area contributed by atoms with Crippen molar-refractivity contribution in [3.05, 3.63) is 12.7 Å². The summed E-state index contributed by atoms with van der Waals surface area (Å²) < 4.78 is 16.2. The second-order valence-electron chi connectivity index (χ2n) is 2.87. The van der Waals surface area contributed by atoms with Crippen molar-refractivity contribution in [2.45, 2.75) is 13.3 Å². The average molecular weight is 219 g/mol. The standard InChI is InChI=1S/C9H21NO3Si/c1-5-7-10-9-14(11-3,12-4)13-8-6-2/h6,10H,2,5,7-9H2,1,3-4H3. The van der Waals surface area contributed by atoms with E-state index in [1.54, 1.807) is 20.3 Å². The number of nitrogens with one attached hydrogen (secondary N) is 1. The third-order valence-electron chi connectivity index (χ3n) is 1.81. The summed E-state index contributed by atoms with van der Waals surface area (Å²) >= 11 is 0. The molecule has 0 aliphatic carbocycles. The third kappa shape index (κ3) is 4.87. The van der Waals surface area contributed by atoms with Crippen molar-refractivity contribution in [2.24, 2.45) is 0 Å². The average Bonchev–Trinajstić information content (AvgIpc) is 2.24. The maximum Gasteiger partial charge on any atom is 0.515 e. The van der Waals surface area contributed by atoms with Gasteiger partial charge in [-0.1, -0.05) is 13.0 Å². The topological polar surface area (TPSA) is 39.7 Å². The van der Waals surface area contributed by atoms with E-state index in [4.69, 9.17) is 13.3 Å². The number of rotatable bonds is 9. The van der Waals surface area contributed by atoms with E-state index in [1.165, 1.54) is 0 Å². The Bertz CT molecular complexity index is 151. The van der Waals surface area contributed by atoms with Gasteiger partial charge >= 0.3 is 8.80 Å². The van der Waals surface area contributed by atoms with Crippen molar-refractivity contribution < 1.29 is 13.3 Å². The number of hydrogen-bond acceptors (Lipinski definition) is 4. The molecule has 0 rings (SSSR count). The molecule has 0 heterocycles. The van der Waals surface area contributed by atoms with E-state index in [0.29, 0.717) is 12.8 Å². The molecule has 0 unspecified atom stereocenters. The van der Waals surface area contributed by atoms with Crippen molar-refractivity contribution in [3.8, 4) is 0 Å². The van der Waals surface area contributed by atoms with Gasteiger partial charge in [0, 0.05) is 14.2 Å². The van der Waals surface area contributed by atoms with E-state index in [2.05, 4.69) is 18.8 Å². The molecule has 0 aromatic rings. The van der Waals surface area contributed by atoms with Gasteiger partial charge in [-0.05, 0) is 13.0 Å². The molecule has 0 aliphatic heterocycles. The van der Waals surface area contributed by atoms with Crippen LogP contribution in [0.15, 0.2) is 12.7 Å². The lowest BCUT2D eigenvalue weighted by Gasteiger charge is -2.25. The molecule has 0 amide bonds. The Labute approximate surface area is 87.6 Å². The molecule has 14 heavy (non-hydrogen) atoms. The Morgan fingerprint density at radius 3 is 2.43 bits per heavy atom. The first-order chi connectivity index (χ1) is 6.74. The van der Waals surface area contributed by atoms with Crippen molar-refractivity contribution >= 4 is 8.80 Å². The van der Waals surface area contributed by atoms with E-state index in [9.17, 15) is 0 Å². The van der Waals surface area contributed by atoms with Crippen molar-refractivity contribution in [1.82, 2.24) is 5.32 Å². The second kappa shape index (κ2) is 8.13. The first-order valence-electron chi connectivity index (χ1n) is 4.80. The first kappa shape index (κ1) is 13.8. The molecule has 0 saturated heterocycles. The smallest absolute Gasteiger partial charge is 0.376 e. The SMILES string of the molecule is C=CCO[Si](CNCCC)(OC)OC. The fourth-order valence-electron chi connectivity index (χ4n) is 1.00. The highest BCUT2D eigenvalue weighted by molar-refractivity contribution is 6.60. The normalized spacial score (nSPS) is 11.6. The van der Waals surface area contributed by atoms with Crippen LogP contribution < -0.4 is 5.32 Å². The van der Waals surface area contributed by atoms with Gasteiger partial charge < -0.3 is 18.6 Å². The van der Waals surface area contributed by atoms with Crippen molar-refractivity contribution in [2.75, 3.05) is 33.5 Å². The van der Waals surface area contributed by atoms with Crippen LogP contribution in [0.5, 0.6) is 0 Å². The van der Waals surface area contributed by atoms with Gasteiger partial charge in [0.1, 0.15) is 0 Å². The van der Waals surface area contributed by atoms with Crippen LogP contribution in [-0.4, -0.2) is 42.3 Å². The largest absolute Gasteiger partial charge is 0.515 e. The van der Waals surface area contributed by atoms with E-state index >= 15 is 0 Å². The summed E-state index contributed by atoms with van der Waals surface area (Å²) in [5.41, 5.74) is 0. The first-order valence-corrected chi connectivity index (χ1v) is 6.73. The molecule has 0 radical (unpaired) electrons. The zero-order valence-corrected chi connectivity index (χ0v) is 10.3. The van der Waals surface area contributed by atoms with Crippen LogP contribution in [0.4, 0.5) is 0 Å². The minimum Gasteiger partial charge on any atom is -0.376 e. The van der Waals surface area contributed by atoms with Crippen LogP contribution in [0.1, 0.15) is 13.3 Å². The molecule has 0 spiro atoms. The Balaban J connectivity index is 3.99. The molecule has 0 saturated carbocycles. The summed E-state index contributed by atoms with van der Waals surface area (Å²) in [7, 11) is 0.751. The Morgan fingerprint density at radius 1 is 1.36 bits per heavy atom. The van der Waals surface area contributed by atoms with Gasteiger partial charge in [0.2, 0.25) is 0 Å². The zero-order chi connectivity index (χ0) is 10.9. The highest BCUT2D eigenvalue weighted by Crippen LogP contribution is 2.05. The summed E-state index contributed by atoms with van der Waals surface area (Å²) in [6.45, 7) is 7.11. The molecule has 1 N–H and O–H groups in total. The summed E-state index contributed by atoms with van der Waals surface area (Å²) in [4.78, 5) is 0. The summed E-state index contributed by atoms with van der Waals surface area (Å²) in [6, 6.07) is 0. The zero-order valence-electron chi connectivity index (χ0n) is 9.34. The van der Waals surface area contributed by atoms with Gasteiger partial charge in [0.05, 0.1) is 12.8 Å². The Kier molecular flexibility index (Phi) is 8.02. The van der Waals surface area contributed by atoms with Crippen LogP contribution in [0.3, 0.4) is 0 Å². The van der Waals surface area contributed by atoms with Crippen LogP contribution in [0.25, 0.3) is 0 Å². The molecule has 0 aromatic carbocycles. The lowest BCUT2D eigenvalue weighted by Crippen LogP contribution is -2.53. The van der Waals surface area contributed by atoms with E-state index in [1.807, 2.05) is 0 Å². The molecule has 0 bridgehead atoms.